The van der Waals surface area contributed by atoms with Gasteiger partial charge in [-0.3, -0.25) is 0 Å². The molecular formula is C45H36BIrN3-2. The van der Waals surface area contributed by atoms with Gasteiger partial charge in [-0.05, 0) is 42.1 Å². The van der Waals surface area contributed by atoms with Crippen LogP contribution in [0, 0.1) is 26.0 Å². The maximum absolute atomic E-state index is 4.97. The van der Waals surface area contributed by atoms with Crippen molar-refractivity contribution >= 4 is 44.8 Å². The first-order valence-corrected chi connectivity index (χ1v) is 16.9. The van der Waals surface area contributed by atoms with Crippen molar-refractivity contribution in [2.24, 2.45) is 0 Å². The molecule has 3 aromatic heterocycles. The summed E-state index contributed by atoms with van der Waals surface area (Å²) in [5.41, 5.74) is 12.1. The van der Waals surface area contributed by atoms with Crippen LogP contribution in [-0.2, 0) is 25.5 Å². The number of fused-ring (bicyclic) bond motifs is 5. The van der Waals surface area contributed by atoms with Crippen molar-refractivity contribution in [2.75, 3.05) is 0 Å². The first-order valence-electron chi connectivity index (χ1n) is 16.9. The Morgan fingerprint density at radius 2 is 1.38 bits per heavy atom. The fraction of sp³-hybridized carbons (Fsp3) is 0.111. The zero-order valence-corrected chi connectivity index (χ0v) is 31.0. The average Bonchev–Trinajstić information content (AvgIpc) is 3.50. The molecule has 8 aromatic rings. The van der Waals surface area contributed by atoms with Gasteiger partial charge in [-0.2, -0.15) is 24.3 Å². The van der Waals surface area contributed by atoms with Gasteiger partial charge < -0.3 is 9.55 Å². The van der Waals surface area contributed by atoms with E-state index in [-0.39, 0.29) is 32.2 Å². The molecule has 0 unspecified atom stereocenters. The number of pyridine rings is 2. The number of nitrogens with zero attached hydrogens (tertiary/aromatic N) is 3. The van der Waals surface area contributed by atoms with E-state index >= 15 is 0 Å². The van der Waals surface area contributed by atoms with Crippen LogP contribution in [0.15, 0.2) is 146 Å². The van der Waals surface area contributed by atoms with Crippen molar-refractivity contribution in [3.63, 3.8) is 0 Å². The van der Waals surface area contributed by atoms with E-state index in [9.17, 15) is 0 Å². The molecule has 0 fully saturated rings. The van der Waals surface area contributed by atoms with Crippen LogP contribution in [0.3, 0.4) is 0 Å². The number of rotatable bonds is 3. The summed E-state index contributed by atoms with van der Waals surface area (Å²) in [7, 11) is 0. The predicted molar refractivity (Wildman–Crippen MR) is 205 cm³/mol. The van der Waals surface area contributed by atoms with E-state index in [0.29, 0.717) is 0 Å². The van der Waals surface area contributed by atoms with Gasteiger partial charge in [0.2, 0.25) is 6.71 Å². The second-order valence-electron chi connectivity index (χ2n) is 13.4. The van der Waals surface area contributed by atoms with Gasteiger partial charge in [0, 0.05) is 49.0 Å². The molecule has 5 aromatic carbocycles. The predicted octanol–water partition coefficient (Wildman–Crippen LogP) is 8.30. The van der Waals surface area contributed by atoms with Gasteiger partial charge in [0.15, 0.2) is 0 Å². The van der Waals surface area contributed by atoms with Gasteiger partial charge in [0.25, 0.3) is 0 Å². The van der Waals surface area contributed by atoms with E-state index in [4.69, 9.17) is 4.98 Å². The van der Waals surface area contributed by atoms with Gasteiger partial charge in [0.05, 0.1) is 0 Å². The topological polar surface area (TPSA) is 30.7 Å². The smallest absolute Gasteiger partial charge is 0.231 e. The van der Waals surface area contributed by atoms with E-state index in [1.807, 2.05) is 42.7 Å². The Kier molecular flexibility index (Phi) is 9.14. The summed E-state index contributed by atoms with van der Waals surface area (Å²) in [5.74, 6) is 0.941. The van der Waals surface area contributed by atoms with Crippen molar-refractivity contribution in [1.82, 2.24) is 14.5 Å². The van der Waals surface area contributed by atoms with Crippen molar-refractivity contribution in [3.8, 4) is 17.1 Å². The monoisotopic (exact) mass is 822 g/mol. The molecule has 0 saturated heterocycles. The molecule has 1 aliphatic rings. The van der Waals surface area contributed by atoms with Crippen molar-refractivity contribution < 1.29 is 20.1 Å². The Balaban J connectivity index is 0.000000220. The molecule has 0 N–H and O–H groups in total. The fourth-order valence-corrected chi connectivity index (χ4v) is 7.44. The Morgan fingerprint density at radius 1 is 0.660 bits per heavy atom. The Labute approximate surface area is 308 Å². The van der Waals surface area contributed by atoms with Crippen LogP contribution in [0.4, 0.5) is 0 Å². The zero-order valence-electron chi connectivity index (χ0n) is 28.6. The number of para-hydroxylation sites is 1. The minimum absolute atomic E-state index is 0. The molecule has 0 spiro atoms. The van der Waals surface area contributed by atoms with Gasteiger partial charge >= 0.3 is 0 Å². The van der Waals surface area contributed by atoms with E-state index in [2.05, 4.69) is 153 Å². The molecule has 0 atom stereocenters. The van der Waals surface area contributed by atoms with Crippen molar-refractivity contribution in [2.45, 2.75) is 33.1 Å². The normalized spacial score (nSPS) is 12.8. The molecule has 0 amide bonds. The number of hydrogen-bond donors (Lipinski definition) is 0. The van der Waals surface area contributed by atoms with Gasteiger partial charge in [-0.15, -0.1) is 41.3 Å². The quantitative estimate of drug-likeness (QED) is 0.133. The minimum Gasteiger partial charge on any atom is -0.323 e. The van der Waals surface area contributed by atoms with E-state index in [1.54, 1.807) is 0 Å². The van der Waals surface area contributed by atoms with E-state index in [1.165, 1.54) is 49.5 Å². The van der Waals surface area contributed by atoms with Crippen LogP contribution in [0.5, 0.6) is 0 Å². The average molecular weight is 822 g/mol. The molecule has 245 valence electrons. The third kappa shape index (κ3) is 5.81. The third-order valence-corrected chi connectivity index (χ3v) is 9.99. The molecule has 50 heavy (non-hydrogen) atoms. The molecule has 0 saturated carbocycles. The van der Waals surface area contributed by atoms with E-state index in [0.717, 1.165) is 28.0 Å². The number of hydrogen-bond acceptors (Lipinski definition) is 2. The molecule has 0 aliphatic carbocycles. The maximum Gasteiger partial charge on any atom is 0.231 e. The molecule has 0 bridgehead atoms. The SMILES string of the molecule is CC1(C)c2ccccc2B(c2ccccc2)c2c1n(-c1cc3ccccc3cn1)c1[c-]cccc21.Cc1cnc(-c2[c-]cccc2)cc1C.[Ir]. The van der Waals surface area contributed by atoms with Gasteiger partial charge in [-0.1, -0.05) is 126 Å². The number of benzene rings is 5. The number of aryl methyl sites for hydroxylation is 2. The maximum atomic E-state index is 4.97. The Hall–Kier alpha value is -5.09. The van der Waals surface area contributed by atoms with Crippen LogP contribution >= 0.6 is 0 Å². The molecule has 3 nitrogen and oxygen atoms in total. The van der Waals surface area contributed by atoms with Crippen molar-refractivity contribution in [3.05, 3.63) is 180 Å². The van der Waals surface area contributed by atoms with Crippen LogP contribution in [0.25, 0.3) is 38.8 Å². The summed E-state index contributed by atoms with van der Waals surface area (Å²) < 4.78 is 2.36. The van der Waals surface area contributed by atoms with Gasteiger partial charge in [0.1, 0.15) is 5.82 Å². The van der Waals surface area contributed by atoms with Crippen molar-refractivity contribution in [1.29, 1.82) is 0 Å². The van der Waals surface area contributed by atoms with Crippen LogP contribution in [0.1, 0.15) is 36.2 Å². The van der Waals surface area contributed by atoms with Crippen LogP contribution in [-0.4, -0.2) is 21.2 Å². The molecule has 4 heterocycles. The molecular weight excluding hydrogens is 786 g/mol. The Morgan fingerprint density at radius 3 is 2.16 bits per heavy atom. The van der Waals surface area contributed by atoms with Crippen LogP contribution < -0.4 is 16.4 Å². The molecule has 5 heteroatoms. The second kappa shape index (κ2) is 13.7. The van der Waals surface area contributed by atoms with Crippen LogP contribution in [0.2, 0.25) is 0 Å². The summed E-state index contributed by atoms with van der Waals surface area (Å²) in [4.78, 5) is 9.35. The molecule has 1 aliphatic heterocycles. The second-order valence-corrected chi connectivity index (χ2v) is 13.4. The zero-order chi connectivity index (χ0) is 33.5. The Bertz CT molecular complexity index is 2450. The molecule has 9 rings (SSSR count). The number of aromatic nitrogens is 3. The fourth-order valence-electron chi connectivity index (χ4n) is 7.44. The summed E-state index contributed by atoms with van der Waals surface area (Å²) >= 11 is 0. The standard InChI is InChI=1S/C32H24BN2.C13H12N.Ir/c1-32(2)26-17-9-10-18-27(26)33(24-14-4-3-5-15-24)30-25-16-8-11-19-28(25)35(31(30)32)29-20-22-12-6-7-13-23(22)21-34-29;1-10-8-13(14-9-11(10)2)12-6-4-3-5-7-12;/h3-18,20-21H,1-2H3;3-6,8-9H,1-2H3;/q2*-1;. The van der Waals surface area contributed by atoms with Gasteiger partial charge in [-0.25, -0.2) is 4.98 Å². The summed E-state index contributed by atoms with van der Waals surface area (Å²) in [6, 6.07) is 53.6. The first-order chi connectivity index (χ1) is 23.9. The molecule has 1 radical (unpaired) electrons. The minimum atomic E-state index is -0.211. The summed E-state index contributed by atoms with van der Waals surface area (Å²) in [6.07, 6.45) is 3.90. The summed E-state index contributed by atoms with van der Waals surface area (Å²) in [6.45, 7) is 9.02. The van der Waals surface area contributed by atoms with E-state index < -0.39 is 0 Å². The first kappa shape index (κ1) is 33.4. The third-order valence-electron chi connectivity index (χ3n) is 9.99. The summed E-state index contributed by atoms with van der Waals surface area (Å²) in [5, 5.41) is 3.59. The largest absolute Gasteiger partial charge is 0.323 e.